The van der Waals surface area contributed by atoms with E-state index < -0.39 is 13.9 Å². The Balaban J connectivity index is 4.19. The topological polar surface area (TPSA) is 97.3 Å². The van der Waals surface area contributed by atoms with Crippen LogP contribution in [0.15, 0.2) is 0 Å². The molecule has 2 unspecified atom stereocenters. The van der Waals surface area contributed by atoms with Gasteiger partial charge in [0, 0.05) is 13.2 Å². The second kappa shape index (κ2) is 37.3. The molecular weight excluding hydrogens is 649 g/mol. The van der Waals surface area contributed by atoms with Crippen LogP contribution < -0.4 is 4.89 Å². The molecule has 0 spiro atoms. The highest BCUT2D eigenvalue weighted by atomic mass is 31.2. The molecule has 0 fully saturated rings. The third-order valence-corrected chi connectivity index (χ3v) is 10.8. The summed E-state index contributed by atoms with van der Waals surface area (Å²) in [6, 6.07) is 0. The largest absolute Gasteiger partial charge is 0.756 e. The number of aliphatic hydroxyl groups is 1. The van der Waals surface area contributed by atoms with Crippen LogP contribution in [0.5, 0.6) is 0 Å². The summed E-state index contributed by atoms with van der Waals surface area (Å²) in [6.45, 7) is 7.02. The van der Waals surface area contributed by atoms with E-state index in [1.807, 2.05) is 14.1 Å². The van der Waals surface area contributed by atoms with Crippen molar-refractivity contribution < 1.29 is 37.6 Å². The molecule has 0 aromatic rings. The lowest BCUT2D eigenvalue weighted by Gasteiger charge is -2.31. The SMILES string of the molecule is CCCCCCCCCCCCCCCCOCC(COP(=O)([O-])OCC[N+](C)(C)CCO)OCCCCCCCCCCCCCCCC. The van der Waals surface area contributed by atoms with E-state index in [4.69, 9.17) is 18.5 Å². The monoisotopic (exact) mass is 736 g/mol. The number of phosphoric acid groups is 1. The Bertz CT molecular complexity index is 727. The minimum atomic E-state index is -4.46. The molecule has 0 aromatic heterocycles. The summed E-state index contributed by atoms with van der Waals surface area (Å²) in [5.41, 5.74) is 0. The molecule has 0 radical (unpaired) electrons. The minimum absolute atomic E-state index is 0.00791. The molecule has 2 atom stereocenters. The molecule has 0 saturated heterocycles. The Morgan fingerprint density at radius 1 is 0.520 bits per heavy atom. The fourth-order valence-corrected chi connectivity index (χ4v) is 7.03. The summed E-state index contributed by atoms with van der Waals surface area (Å²) in [4.78, 5) is 12.4. The van der Waals surface area contributed by atoms with Gasteiger partial charge < -0.3 is 33.0 Å². The van der Waals surface area contributed by atoms with E-state index in [0.717, 1.165) is 25.7 Å². The lowest BCUT2D eigenvalue weighted by atomic mass is 10.0. The lowest BCUT2D eigenvalue weighted by Crippen LogP contribution is -2.44. The smallest absolute Gasteiger partial charge is 0.268 e. The molecule has 0 saturated carbocycles. The third-order valence-electron chi connectivity index (χ3n) is 9.87. The normalized spacial score (nSPS) is 14.0. The Labute approximate surface area is 311 Å². The van der Waals surface area contributed by atoms with Gasteiger partial charge in [-0.2, -0.15) is 0 Å². The molecule has 0 rings (SSSR count). The summed E-state index contributed by atoms with van der Waals surface area (Å²) >= 11 is 0. The molecule has 0 bridgehead atoms. The highest BCUT2D eigenvalue weighted by molar-refractivity contribution is 7.45. The maximum Gasteiger partial charge on any atom is 0.268 e. The molecule has 50 heavy (non-hydrogen) atoms. The highest BCUT2D eigenvalue weighted by Gasteiger charge is 2.19. The number of likely N-dealkylation sites (N-methyl/N-ethyl adjacent to an activating group) is 1. The number of hydrogen-bond donors (Lipinski definition) is 1. The Hall–Kier alpha value is -0.0500. The predicted octanol–water partition coefficient (Wildman–Crippen LogP) is 10.9. The van der Waals surface area contributed by atoms with E-state index in [1.165, 1.54) is 154 Å². The van der Waals surface area contributed by atoms with Crippen molar-refractivity contribution in [3.63, 3.8) is 0 Å². The van der Waals surface area contributed by atoms with Crippen LogP contribution in [-0.2, 0) is 23.1 Å². The summed E-state index contributed by atoms with van der Waals surface area (Å²) in [5.74, 6) is 0. The highest BCUT2D eigenvalue weighted by Crippen LogP contribution is 2.38. The maximum absolute atomic E-state index is 12.4. The van der Waals surface area contributed by atoms with Crippen molar-refractivity contribution in [2.45, 2.75) is 200 Å². The summed E-state index contributed by atoms with van der Waals surface area (Å²) in [7, 11) is -0.614. The number of unbranched alkanes of at least 4 members (excludes halogenated alkanes) is 26. The van der Waals surface area contributed by atoms with Gasteiger partial charge in [0.25, 0.3) is 7.82 Å². The van der Waals surface area contributed by atoms with E-state index in [2.05, 4.69) is 13.8 Å². The van der Waals surface area contributed by atoms with Crippen LogP contribution in [0.4, 0.5) is 0 Å². The number of rotatable bonds is 42. The van der Waals surface area contributed by atoms with Crippen molar-refractivity contribution in [3.05, 3.63) is 0 Å². The second-order valence-electron chi connectivity index (χ2n) is 15.4. The Morgan fingerprint density at radius 2 is 0.900 bits per heavy atom. The predicted molar refractivity (Wildman–Crippen MR) is 210 cm³/mol. The summed E-state index contributed by atoms with van der Waals surface area (Å²) < 4.78 is 35.3. The van der Waals surface area contributed by atoms with Crippen molar-refractivity contribution in [3.8, 4) is 0 Å². The quantitative estimate of drug-likeness (QED) is 0.0379. The fourth-order valence-electron chi connectivity index (χ4n) is 6.30. The van der Waals surface area contributed by atoms with E-state index in [0.29, 0.717) is 37.4 Å². The van der Waals surface area contributed by atoms with Gasteiger partial charge in [-0.15, -0.1) is 0 Å². The number of hydrogen-bond acceptors (Lipinski definition) is 7. The van der Waals surface area contributed by atoms with Gasteiger partial charge in [-0.25, -0.2) is 0 Å². The molecule has 0 amide bonds. The van der Waals surface area contributed by atoms with E-state index >= 15 is 0 Å². The lowest BCUT2D eigenvalue weighted by molar-refractivity contribution is -0.890. The van der Waals surface area contributed by atoms with Crippen molar-refractivity contribution in [1.29, 1.82) is 0 Å². The number of nitrogens with zero attached hydrogens (tertiary/aromatic N) is 1. The van der Waals surface area contributed by atoms with Crippen molar-refractivity contribution in [2.75, 3.05) is 66.8 Å². The molecule has 1 N–H and O–H groups in total. The third kappa shape index (κ3) is 37.7. The van der Waals surface area contributed by atoms with E-state index in [1.54, 1.807) is 0 Å². The van der Waals surface area contributed by atoms with E-state index in [9.17, 15) is 14.6 Å². The van der Waals surface area contributed by atoms with Gasteiger partial charge in [0.2, 0.25) is 0 Å². The molecular formula is C41H86NO7P. The first-order chi connectivity index (χ1) is 24.3. The second-order valence-corrected chi connectivity index (χ2v) is 16.9. The van der Waals surface area contributed by atoms with Crippen LogP contribution in [0.25, 0.3) is 0 Å². The van der Waals surface area contributed by atoms with Crippen LogP contribution in [0, 0.1) is 0 Å². The van der Waals surface area contributed by atoms with Gasteiger partial charge in [-0.05, 0) is 12.8 Å². The van der Waals surface area contributed by atoms with Gasteiger partial charge in [0.1, 0.15) is 25.8 Å². The minimum Gasteiger partial charge on any atom is -0.756 e. The van der Waals surface area contributed by atoms with Crippen LogP contribution in [0.1, 0.15) is 194 Å². The molecule has 8 nitrogen and oxygen atoms in total. The number of quaternary nitrogens is 1. The first-order valence-electron chi connectivity index (χ1n) is 21.5. The van der Waals surface area contributed by atoms with E-state index in [-0.39, 0.29) is 19.8 Å². The van der Waals surface area contributed by atoms with Crippen LogP contribution >= 0.6 is 7.82 Å². The fraction of sp³-hybridized carbons (Fsp3) is 1.00. The first kappa shape index (κ1) is 49.9. The average molecular weight is 736 g/mol. The standard InChI is InChI=1S/C41H86NO7P/c1-5-7-9-11-13-15-17-19-21-23-25-27-29-31-36-46-39-41(40-49-50(44,45)48-38-34-42(3,4)33-35-43)47-37-32-30-28-26-24-22-20-18-16-14-12-10-8-6-2/h41,43H,5-40H2,1-4H3. The molecule has 0 aliphatic carbocycles. The summed E-state index contributed by atoms with van der Waals surface area (Å²) in [5, 5.41) is 9.20. The maximum atomic E-state index is 12.4. The molecule has 302 valence electrons. The zero-order valence-corrected chi connectivity index (χ0v) is 34.7. The number of phosphoric ester groups is 1. The van der Waals surface area contributed by atoms with Gasteiger partial charge in [0.15, 0.2) is 0 Å². The van der Waals surface area contributed by atoms with Crippen LogP contribution in [0.3, 0.4) is 0 Å². The Morgan fingerprint density at radius 3 is 1.30 bits per heavy atom. The molecule has 9 heteroatoms. The molecule has 0 aliphatic heterocycles. The number of aliphatic hydroxyl groups excluding tert-OH is 1. The molecule has 0 heterocycles. The van der Waals surface area contributed by atoms with Gasteiger partial charge in [-0.3, -0.25) is 4.57 Å². The zero-order valence-electron chi connectivity index (χ0n) is 33.8. The summed E-state index contributed by atoms with van der Waals surface area (Å²) in [6.07, 6.45) is 36.3. The van der Waals surface area contributed by atoms with Crippen molar-refractivity contribution in [2.24, 2.45) is 0 Å². The van der Waals surface area contributed by atoms with Gasteiger partial charge in [-0.1, -0.05) is 181 Å². The zero-order chi connectivity index (χ0) is 36.9. The van der Waals surface area contributed by atoms with Crippen LogP contribution in [0.2, 0.25) is 0 Å². The Kier molecular flexibility index (Phi) is 37.2. The van der Waals surface area contributed by atoms with Crippen molar-refractivity contribution >= 4 is 7.82 Å². The number of ether oxygens (including phenoxy) is 2. The van der Waals surface area contributed by atoms with Gasteiger partial charge >= 0.3 is 0 Å². The average Bonchev–Trinajstić information content (AvgIpc) is 3.08. The first-order valence-corrected chi connectivity index (χ1v) is 22.9. The van der Waals surface area contributed by atoms with Crippen molar-refractivity contribution in [1.82, 2.24) is 0 Å². The van der Waals surface area contributed by atoms with Gasteiger partial charge in [0.05, 0.1) is 33.9 Å². The molecule has 0 aliphatic rings. The molecule has 0 aromatic carbocycles. The van der Waals surface area contributed by atoms with Crippen LogP contribution in [-0.4, -0.2) is 82.5 Å².